The topological polar surface area (TPSA) is 36.9 Å². The molecule has 4 nitrogen and oxygen atoms in total. The summed E-state index contributed by atoms with van der Waals surface area (Å²) in [6.07, 6.45) is 12.2. The molecule has 2 aromatic carbocycles. The van der Waals surface area contributed by atoms with E-state index in [4.69, 9.17) is 18.9 Å². The maximum Gasteiger partial charge on any atom is 0.205 e. The summed E-state index contributed by atoms with van der Waals surface area (Å²) in [7, 11) is 0. The van der Waals surface area contributed by atoms with Crippen molar-refractivity contribution in [3.63, 3.8) is 0 Å². The first-order valence-electron chi connectivity index (χ1n) is 12.8. The molecule has 0 amide bonds. The van der Waals surface area contributed by atoms with Crippen LogP contribution in [0.15, 0.2) is 42.5 Å². The number of aryl methyl sites for hydroxylation is 1. The largest absolute Gasteiger partial charge is 0.463 e. The zero-order valence-corrected chi connectivity index (χ0v) is 21.3. The van der Waals surface area contributed by atoms with Gasteiger partial charge in [-0.1, -0.05) is 55.0 Å². The van der Waals surface area contributed by atoms with Crippen LogP contribution in [0.3, 0.4) is 0 Å². The minimum absolute atomic E-state index is 0.0148. The Bertz CT molecular complexity index is 952. The molecule has 0 bridgehead atoms. The smallest absolute Gasteiger partial charge is 0.205 e. The lowest BCUT2D eigenvalue weighted by Gasteiger charge is -2.32. The fourth-order valence-electron chi connectivity index (χ4n) is 4.52. The molecule has 0 spiro atoms. The summed E-state index contributed by atoms with van der Waals surface area (Å²) in [5.41, 5.74) is 4.69. The lowest BCUT2D eigenvalue weighted by Crippen LogP contribution is -2.35. The van der Waals surface area contributed by atoms with Crippen LogP contribution in [0, 0.1) is 0 Å². The minimum Gasteiger partial charge on any atom is -0.463 e. The highest BCUT2D eigenvalue weighted by molar-refractivity contribution is 5.70. The van der Waals surface area contributed by atoms with E-state index in [1.807, 2.05) is 13.8 Å². The second-order valence-corrected chi connectivity index (χ2v) is 10.6. The average Bonchev–Trinajstić information content (AvgIpc) is 2.81. The molecule has 0 N–H and O–H groups in total. The van der Waals surface area contributed by atoms with E-state index in [9.17, 15) is 0 Å². The lowest BCUT2D eigenvalue weighted by atomic mass is 9.98. The zero-order valence-electron chi connectivity index (χ0n) is 21.3. The van der Waals surface area contributed by atoms with Gasteiger partial charge in [0.1, 0.15) is 5.75 Å². The summed E-state index contributed by atoms with van der Waals surface area (Å²) in [5, 5.41) is 0. The Kier molecular flexibility index (Phi) is 8.13. The number of hydrogen-bond donors (Lipinski definition) is 0. The van der Waals surface area contributed by atoms with Crippen molar-refractivity contribution < 1.29 is 18.9 Å². The first-order chi connectivity index (χ1) is 16.3. The van der Waals surface area contributed by atoms with E-state index in [-0.39, 0.29) is 11.9 Å². The molecule has 2 aliphatic rings. The summed E-state index contributed by atoms with van der Waals surface area (Å²) < 4.78 is 23.6. The van der Waals surface area contributed by atoms with Gasteiger partial charge in [0.25, 0.3) is 0 Å². The molecule has 0 aliphatic carbocycles. The van der Waals surface area contributed by atoms with Gasteiger partial charge in [0.15, 0.2) is 6.29 Å². The Morgan fingerprint density at radius 2 is 1.76 bits per heavy atom. The van der Waals surface area contributed by atoms with Crippen LogP contribution in [-0.2, 0) is 27.2 Å². The lowest BCUT2D eigenvalue weighted by molar-refractivity contribution is -0.217. The molecule has 34 heavy (non-hydrogen) atoms. The van der Waals surface area contributed by atoms with Gasteiger partial charge in [-0.2, -0.15) is 0 Å². The maximum absolute atomic E-state index is 6.21. The van der Waals surface area contributed by atoms with E-state index >= 15 is 0 Å². The third-order valence-corrected chi connectivity index (χ3v) is 6.55. The van der Waals surface area contributed by atoms with Crippen molar-refractivity contribution in [3.05, 3.63) is 64.7 Å². The predicted octanol–water partition coefficient (Wildman–Crippen LogP) is 7.54. The van der Waals surface area contributed by atoms with Gasteiger partial charge in [-0.15, -0.1) is 0 Å². The summed E-state index contributed by atoms with van der Waals surface area (Å²) >= 11 is 0. The van der Waals surface area contributed by atoms with Crippen molar-refractivity contribution in [2.24, 2.45) is 0 Å². The van der Waals surface area contributed by atoms with Crippen LogP contribution in [0.2, 0.25) is 0 Å². The van der Waals surface area contributed by atoms with Crippen LogP contribution in [0.1, 0.15) is 88.5 Å². The molecule has 4 rings (SSSR count). The third kappa shape index (κ3) is 7.43. The second-order valence-electron chi connectivity index (χ2n) is 10.6. The molecule has 4 heteroatoms. The fourth-order valence-corrected chi connectivity index (χ4v) is 4.52. The first kappa shape index (κ1) is 25.0. The van der Waals surface area contributed by atoms with E-state index in [2.05, 4.69) is 68.5 Å². The molecular weight excluding hydrogens is 424 g/mol. The second kappa shape index (κ2) is 11.1. The van der Waals surface area contributed by atoms with E-state index in [1.54, 1.807) is 0 Å². The molecule has 1 unspecified atom stereocenters. The summed E-state index contributed by atoms with van der Waals surface area (Å²) in [6.45, 7) is 9.70. The third-order valence-electron chi connectivity index (χ3n) is 6.55. The van der Waals surface area contributed by atoms with Gasteiger partial charge in [-0.05, 0) is 75.1 Å². The van der Waals surface area contributed by atoms with Crippen LogP contribution in [-0.4, -0.2) is 24.3 Å². The molecule has 1 atom stereocenters. The number of benzene rings is 2. The highest BCUT2D eigenvalue weighted by atomic mass is 16.7. The van der Waals surface area contributed by atoms with E-state index in [1.165, 1.54) is 24.0 Å². The average molecular weight is 465 g/mol. The number of rotatable bonds is 9. The standard InChI is InChI=1S/C30H40O4/c1-29(2,34-28-10-6-8-20-31-28)19-7-5-9-23-11-13-24(14-12-23)15-16-25-17-18-26-22-32-30(3,4)33-27(26)21-25/h11-18,21,28H,5-10,19-20,22H2,1-4H3. The van der Waals surface area contributed by atoms with Gasteiger partial charge >= 0.3 is 0 Å². The van der Waals surface area contributed by atoms with Crippen molar-refractivity contribution >= 4 is 12.2 Å². The normalized spacial score (nSPS) is 20.2. The SMILES string of the molecule is CC(C)(CCCCc1ccc(C=Cc2ccc3c(c2)OC(C)(C)OC3)cc1)OC1CCCCO1. The molecule has 0 radical (unpaired) electrons. The Labute approximate surface area is 205 Å². The van der Waals surface area contributed by atoms with Gasteiger partial charge in [0.05, 0.1) is 12.2 Å². The Hall–Kier alpha value is -2.14. The number of hydrogen-bond acceptors (Lipinski definition) is 4. The number of fused-ring (bicyclic) bond motifs is 1. The molecule has 2 heterocycles. The van der Waals surface area contributed by atoms with Gasteiger partial charge in [0.2, 0.25) is 5.79 Å². The Balaban J connectivity index is 1.22. The van der Waals surface area contributed by atoms with Crippen molar-refractivity contribution in [1.29, 1.82) is 0 Å². The van der Waals surface area contributed by atoms with Crippen LogP contribution in [0.4, 0.5) is 0 Å². The van der Waals surface area contributed by atoms with Crippen LogP contribution in [0.5, 0.6) is 5.75 Å². The van der Waals surface area contributed by atoms with Gasteiger partial charge in [-0.3, -0.25) is 0 Å². The van der Waals surface area contributed by atoms with Gasteiger partial charge in [0, 0.05) is 26.0 Å². The molecule has 1 saturated heterocycles. The molecule has 1 fully saturated rings. The number of ether oxygens (including phenoxy) is 4. The van der Waals surface area contributed by atoms with E-state index in [0.717, 1.165) is 55.6 Å². The maximum atomic E-state index is 6.21. The van der Waals surface area contributed by atoms with E-state index < -0.39 is 5.79 Å². The van der Waals surface area contributed by atoms with Crippen LogP contribution in [0.25, 0.3) is 12.2 Å². The zero-order chi connectivity index (χ0) is 24.0. The molecule has 184 valence electrons. The summed E-state index contributed by atoms with van der Waals surface area (Å²) in [5.74, 6) is 0.339. The van der Waals surface area contributed by atoms with Crippen molar-refractivity contribution in [2.75, 3.05) is 6.61 Å². The van der Waals surface area contributed by atoms with Crippen molar-refractivity contribution in [3.8, 4) is 5.75 Å². The number of unbranched alkanes of at least 4 members (excludes halogenated alkanes) is 1. The van der Waals surface area contributed by atoms with Gasteiger partial charge in [-0.25, -0.2) is 0 Å². The Morgan fingerprint density at radius 1 is 1.00 bits per heavy atom. The highest BCUT2D eigenvalue weighted by Crippen LogP contribution is 2.32. The molecule has 2 aliphatic heterocycles. The van der Waals surface area contributed by atoms with E-state index in [0.29, 0.717) is 6.61 Å². The Morgan fingerprint density at radius 3 is 2.53 bits per heavy atom. The summed E-state index contributed by atoms with van der Waals surface area (Å²) in [6, 6.07) is 15.2. The quantitative estimate of drug-likeness (QED) is 0.284. The van der Waals surface area contributed by atoms with Crippen LogP contribution < -0.4 is 4.74 Å². The first-order valence-corrected chi connectivity index (χ1v) is 12.8. The van der Waals surface area contributed by atoms with Crippen molar-refractivity contribution in [2.45, 2.75) is 96.9 Å². The molecule has 0 aromatic heterocycles. The molecular formula is C30H40O4. The minimum atomic E-state index is -0.572. The molecule has 0 saturated carbocycles. The van der Waals surface area contributed by atoms with Gasteiger partial charge < -0.3 is 18.9 Å². The fraction of sp³-hybridized carbons (Fsp3) is 0.533. The highest BCUT2D eigenvalue weighted by Gasteiger charge is 2.27. The monoisotopic (exact) mass is 464 g/mol. The summed E-state index contributed by atoms with van der Waals surface area (Å²) in [4.78, 5) is 0. The predicted molar refractivity (Wildman–Crippen MR) is 138 cm³/mol. The van der Waals surface area contributed by atoms with Crippen molar-refractivity contribution in [1.82, 2.24) is 0 Å². The van der Waals surface area contributed by atoms with Crippen LogP contribution >= 0.6 is 0 Å². The molecule has 2 aromatic rings.